The second-order valence-electron chi connectivity index (χ2n) is 7.30. The zero-order valence-corrected chi connectivity index (χ0v) is 19.7. The van der Waals surface area contributed by atoms with Gasteiger partial charge in [0.25, 0.3) is 30.4 Å². The molecule has 0 radical (unpaired) electrons. The van der Waals surface area contributed by atoms with Crippen molar-refractivity contribution >= 4 is 69.0 Å². The first kappa shape index (κ1) is 24.6. The summed E-state index contributed by atoms with van der Waals surface area (Å²) in [6.07, 6.45) is 0. The number of fused-ring (bicyclic) bond motifs is 2. The maximum atomic E-state index is 11.9. The first-order valence-electron chi connectivity index (χ1n) is 9.39. The third-order valence-corrected chi connectivity index (χ3v) is 7.68. The summed E-state index contributed by atoms with van der Waals surface area (Å²) >= 11 is 0. The van der Waals surface area contributed by atoms with E-state index in [1.807, 2.05) is 0 Å². The van der Waals surface area contributed by atoms with Crippen molar-refractivity contribution in [2.24, 2.45) is 10.2 Å². The van der Waals surface area contributed by atoms with Gasteiger partial charge >= 0.3 is 0 Å². The van der Waals surface area contributed by atoms with Crippen molar-refractivity contribution in [3.63, 3.8) is 0 Å². The van der Waals surface area contributed by atoms with Crippen LogP contribution in [-0.4, -0.2) is 38.9 Å². The highest BCUT2D eigenvalue weighted by atomic mass is 32.2. The minimum atomic E-state index is -4.83. The molecule has 4 aromatic rings. The van der Waals surface area contributed by atoms with Gasteiger partial charge in [-0.2, -0.15) is 30.4 Å². The van der Waals surface area contributed by atoms with E-state index >= 15 is 0 Å². The van der Waals surface area contributed by atoms with Gasteiger partial charge in [-0.1, -0.05) is 18.2 Å². The quantitative estimate of drug-likeness (QED) is 0.164. The molecular weight excluding hydrogens is 522 g/mol. The molecule has 0 aliphatic heterocycles. The smallest absolute Gasteiger partial charge is 0.295 e. The molecule has 0 unspecified atom stereocenters. The molecule has 0 heterocycles. The fraction of sp³-hybridized carbons (Fsp3) is 0. The van der Waals surface area contributed by atoms with Gasteiger partial charge < -0.3 is 5.73 Å². The van der Waals surface area contributed by atoms with Gasteiger partial charge in [0.05, 0.1) is 16.3 Å². The van der Waals surface area contributed by atoms with Crippen molar-refractivity contribution in [1.82, 2.24) is 0 Å². The van der Waals surface area contributed by atoms with E-state index in [0.717, 1.165) is 30.3 Å². The molecule has 0 aliphatic rings. The molecule has 0 spiro atoms. The topological polar surface area (TPSA) is 214 Å². The Morgan fingerprint density at radius 2 is 1.29 bits per heavy atom. The van der Waals surface area contributed by atoms with Gasteiger partial charge in [0.15, 0.2) is 0 Å². The summed E-state index contributed by atoms with van der Waals surface area (Å²) in [6.45, 7) is 0. The number of nitrogen functional groups attached to an aromatic ring is 1. The molecule has 182 valence electrons. The molecule has 12 nitrogen and oxygen atoms in total. The van der Waals surface area contributed by atoms with Crippen molar-refractivity contribution < 1.29 is 38.9 Å². The first-order chi connectivity index (χ1) is 16.2. The molecule has 0 aromatic heterocycles. The van der Waals surface area contributed by atoms with Gasteiger partial charge in [0, 0.05) is 27.2 Å². The van der Waals surface area contributed by atoms with Crippen LogP contribution in [0.25, 0.3) is 21.5 Å². The van der Waals surface area contributed by atoms with Crippen LogP contribution in [0.3, 0.4) is 0 Å². The number of azo groups is 1. The van der Waals surface area contributed by atoms with Gasteiger partial charge in [-0.3, -0.25) is 13.7 Å². The highest BCUT2D eigenvalue weighted by Gasteiger charge is 2.21. The lowest BCUT2D eigenvalue weighted by molar-refractivity contribution is 0.481. The third-order valence-electron chi connectivity index (χ3n) is 5.03. The van der Waals surface area contributed by atoms with Crippen LogP contribution in [0.5, 0.6) is 0 Å². The fourth-order valence-electron chi connectivity index (χ4n) is 3.50. The van der Waals surface area contributed by atoms with Gasteiger partial charge in [-0.25, -0.2) is 0 Å². The van der Waals surface area contributed by atoms with Crippen LogP contribution in [0.15, 0.2) is 85.6 Å². The van der Waals surface area contributed by atoms with Crippen LogP contribution in [0.2, 0.25) is 0 Å². The molecule has 35 heavy (non-hydrogen) atoms. The van der Waals surface area contributed by atoms with E-state index in [-0.39, 0.29) is 33.2 Å². The molecule has 5 N–H and O–H groups in total. The van der Waals surface area contributed by atoms with E-state index in [4.69, 9.17) is 5.73 Å². The third kappa shape index (κ3) is 4.86. The van der Waals surface area contributed by atoms with Gasteiger partial charge in [-0.05, 0) is 42.5 Å². The zero-order chi connectivity index (χ0) is 25.8. The Bertz CT molecular complexity index is 1880. The summed E-state index contributed by atoms with van der Waals surface area (Å²) in [4.78, 5) is -1.65. The van der Waals surface area contributed by atoms with E-state index in [0.29, 0.717) is 5.39 Å². The van der Waals surface area contributed by atoms with Crippen molar-refractivity contribution in [1.29, 1.82) is 0 Å². The summed E-state index contributed by atoms with van der Waals surface area (Å²) in [5.74, 6) is 0. The molecule has 0 saturated carbocycles. The van der Waals surface area contributed by atoms with E-state index in [1.54, 1.807) is 0 Å². The van der Waals surface area contributed by atoms with Crippen LogP contribution in [-0.2, 0) is 30.4 Å². The minimum Gasteiger partial charge on any atom is -0.398 e. The lowest BCUT2D eigenvalue weighted by Crippen LogP contribution is -2.03. The lowest BCUT2D eigenvalue weighted by Gasteiger charge is -2.09. The van der Waals surface area contributed by atoms with E-state index < -0.39 is 45.0 Å². The van der Waals surface area contributed by atoms with Crippen LogP contribution in [0, 0.1) is 0 Å². The second-order valence-corrected chi connectivity index (χ2v) is 11.5. The molecule has 0 atom stereocenters. The Balaban J connectivity index is 1.94. The molecule has 4 aromatic carbocycles. The molecule has 4 rings (SSSR count). The maximum absolute atomic E-state index is 11.9. The highest BCUT2D eigenvalue weighted by Crippen LogP contribution is 2.36. The Kier molecular flexibility index (Phi) is 5.87. The number of benzene rings is 4. The predicted molar refractivity (Wildman–Crippen MR) is 126 cm³/mol. The molecule has 0 amide bonds. The number of nitrogens with zero attached hydrogens (tertiary/aromatic N) is 2. The van der Waals surface area contributed by atoms with Crippen LogP contribution >= 0.6 is 0 Å². The lowest BCUT2D eigenvalue weighted by atomic mass is 10.1. The monoisotopic (exact) mass is 537 g/mol. The normalized spacial score (nSPS) is 13.1. The minimum absolute atomic E-state index is 0.169. The van der Waals surface area contributed by atoms with E-state index in [1.165, 1.54) is 30.3 Å². The zero-order valence-electron chi connectivity index (χ0n) is 17.3. The van der Waals surface area contributed by atoms with Crippen molar-refractivity contribution in [3.05, 3.63) is 60.7 Å². The summed E-state index contributed by atoms with van der Waals surface area (Å²) in [6, 6.07) is 12.1. The SMILES string of the molecule is Nc1ccc(N=Nc2cc(S(=O)(=O)O)c3cccc(S(=O)(=O)O)c3c2)c2ccc(S(=O)(=O)O)cc12. The average Bonchev–Trinajstić information content (AvgIpc) is 2.75. The van der Waals surface area contributed by atoms with Crippen LogP contribution in [0.4, 0.5) is 17.1 Å². The van der Waals surface area contributed by atoms with Crippen molar-refractivity contribution in [3.8, 4) is 0 Å². The number of nitrogens with two attached hydrogens (primary N) is 1. The molecule has 0 aliphatic carbocycles. The summed E-state index contributed by atoms with van der Waals surface area (Å²) in [5, 5.41) is 8.16. The molecule has 0 bridgehead atoms. The number of rotatable bonds is 5. The number of hydrogen-bond acceptors (Lipinski definition) is 9. The standard InChI is InChI=1S/C20H15N3O9S3/c21-17-6-7-18(13-5-4-12(10-15(13)17)33(24,25)26)23-22-11-8-16-14(20(9-11)35(30,31)32)2-1-3-19(16)34(27,28)29/h1-10H,21H2,(H,24,25,26)(H,27,28,29)(H,30,31,32). The number of hydrogen-bond donors (Lipinski definition) is 4. The van der Waals surface area contributed by atoms with Crippen LogP contribution in [0.1, 0.15) is 0 Å². The molecular formula is C20H15N3O9S3. The predicted octanol–water partition coefficient (Wildman–Crippen LogP) is 3.73. The average molecular weight is 538 g/mol. The molecule has 0 fully saturated rings. The summed E-state index contributed by atoms with van der Waals surface area (Å²) < 4.78 is 98.8. The van der Waals surface area contributed by atoms with Gasteiger partial charge in [0.2, 0.25) is 0 Å². The highest BCUT2D eigenvalue weighted by molar-refractivity contribution is 7.86. The Hall–Kier alpha value is -3.47. The Morgan fingerprint density at radius 1 is 0.600 bits per heavy atom. The van der Waals surface area contributed by atoms with Gasteiger partial charge in [0.1, 0.15) is 9.79 Å². The Labute approximate surface area is 199 Å². The van der Waals surface area contributed by atoms with Crippen molar-refractivity contribution in [2.75, 3.05) is 5.73 Å². The first-order valence-corrected chi connectivity index (χ1v) is 13.7. The number of anilines is 1. The fourth-order valence-corrected chi connectivity index (χ4v) is 5.43. The van der Waals surface area contributed by atoms with Crippen molar-refractivity contribution in [2.45, 2.75) is 14.7 Å². The van der Waals surface area contributed by atoms with E-state index in [9.17, 15) is 38.9 Å². The van der Waals surface area contributed by atoms with E-state index in [2.05, 4.69) is 10.2 Å². The molecule has 0 saturated heterocycles. The Morgan fingerprint density at radius 3 is 1.91 bits per heavy atom. The molecule has 15 heteroatoms. The second kappa shape index (κ2) is 8.33. The maximum Gasteiger partial charge on any atom is 0.295 e. The largest absolute Gasteiger partial charge is 0.398 e. The van der Waals surface area contributed by atoms with Crippen LogP contribution < -0.4 is 5.73 Å². The summed E-state index contributed by atoms with van der Waals surface area (Å²) in [5.41, 5.74) is 6.08. The summed E-state index contributed by atoms with van der Waals surface area (Å²) in [7, 11) is -14.1. The van der Waals surface area contributed by atoms with Gasteiger partial charge in [-0.15, -0.1) is 5.11 Å².